The monoisotopic (exact) mass is 349 g/mol. The SMILES string of the molecule is O=C(Nc1cccc2ccccc12)c1c(Cl)ccc(Cl)c1Cl. The lowest BCUT2D eigenvalue weighted by atomic mass is 10.1. The molecule has 0 aromatic heterocycles. The molecule has 0 saturated heterocycles. The number of anilines is 1. The highest BCUT2D eigenvalue weighted by atomic mass is 35.5. The number of nitrogens with one attached hydrogen (secondary N) is 1. The summed E-state index contributed by atoms with van der Waals surface area (Å²) in [6, 6.07) is 16.6. The van der Waals surface area contributed by atoms with Crippen LogP contribution in [0.25, 0.3) is 10.8 Å². The van der Waals surface area contributed by atoms with Gasteiger partial charge in [0, 0.05) is 11.1 Å². The Morgan fingerprint density at radius 2 is 1.50 bits per heavy atom. The third kappa shape index (κ3) is 2.78. The first-order valence-electron chi connectivity index (χ1n) is 6.50. The van der Waals surface area contributed by atoms with Crippen molar-refractivity contribution in [2.24, 2.45) is 0 Å². The van der Waals surface area contributed by atoms with Gasteiger partial charge < -0.3 is 5.32 Å². The maximum atomic E-state index is 12.5. The van der Waals surface area contributed by atoms with E-state index >= 15 is 0 Å². The predicted molar refractivity (Wildman–Crippen MR) is 93.4 cm³/mol. The van der Waals surface area contributed by atoms with Gasteiger partial charge in [0.2, 0.25) is 0 Å². The van der Waals surface area contributed by atoms with Crippen LogP contribution in [-0.4, -0.2) is 5.91 Å². The van der Waals surface area contributed by atoms with Gasteiger partial charge in [-0.2, -0.15) is 0 Å². The standard InChI is InChI=1S/C17H10Cl3NO/c18-12-8-9-13(19)16(20)15(12)17(22)21-14-7-3-5-10-4-1-2-6-11(10)14/h1-9H,(H,21,22). The molecule has 0 spiro atoms. The third-order valence-corrected chi connectivity index (χ3v) is 4.43. The van der Waals surface area contributed by atoms with Crippen LogP contribution in [0.5, 0.6) is 0 Å². The summed E-state index contributed by atoms with van der Waals surface area (Å²) in [4.78, 5) is 12.5. The topological polar surface area (TPSA) is 29.1 Å². The minimum absolute atomic E-state index is 0.145. The summed E-state index contributed by atoms with van der Waals surface area (Å²) in [5.41, 5.74) is 0.860. The molecule has 0 fully saturated rings. The lowest BCUT2D eigenvalue weighted by molar-refractivity contribution is 0.102. The highest BCUT2D eigenvalue weighted by molar-refractivity contribution is 6.46. The van der Waals surface area contributed by atoms with E-state index in [1.54, 1.807) is 12.1 Å². The zero-order valence-corrected chi connectivity index (χ0v) is 13.5. The van der Waals surface area contributed by atoms with E-state index in [0.717, 1.165) is 10.8 Å². The Morgan fingerprint density at radius 1 is 0.818 bits per heavy atom. The zero-order valence-electron chi connectivity index (χ0n) is 11.2. The molecule has 5 heteroatoms. The average molecular weight is 351 g/mol. The molecule has 0 heterocycles. The van der Waals surface area contributed by atoms with Crippen molar-refractivity contribution in [1.29, 1.82) is 0 Å². The van der Waals surface area contributed by atoms with Gasteiger partial charge in [0.05, 0.1) is 20.6 Å². The second-order valence-electron chi connectivity index (χ2n) is 4.70. The Bertz CT molecular complexity index is 872. The molecular weight excluding hydrogens is 341 g/mol. The van der Waals surface area contributed by atoms with Gasteiger partial charge in [-0.1, -0.05) is 71.2 Å². The number of halogens is 3. The molecule has 0 bridgehead atoms. The van der Waals surface area contributed by atoms with E-state index in [9.17, 15) is 4.79 Å². The summed E-state index contributed by atoms with van der Waals surface area (Å²) in [6.07, 6.45) is 0. The van der Waals surface area contributed by atoms with Crippen LogP contribution in [0.15, 0.2) is 54.6 Å². The van der Waals surface area contributed by atoms with E-state index in [4.69, 9.17) is 34.8 Å². The second kappa shape index (κ2) is 6.17. The summed E-state index contributed by atoms with van der Waals surface area (Å²) in [7, 11) is 0. The molecule has 0 saturated carbocycles. The van der Waals surface area contributed by atoms with Gasteiger partial charge >= 0.3 is 0 Å². The first kappa shape index (κ1) is 15.2. The fourth-order valence-electron chi connectivity index (χ4n) is 2.25. The maximum Gasteiger partial charge on any atom is 0.258 e. The summed E-state index contributed by atoms with van der Waals surface area (Å²) in [6.45, 7) is 0. The van der Waals surface area contributed by atoms with Crippen molar-refractivity contribution in [3.05, 3.63) is 75.2 Å². The fraction of sp³-hybridized carbons (Fsp3) is 0. The molecule has 3 rings (SSSR count). The summed E-state index contributed by atoms with van der Waals surface area (Å²) < 4.78 is 0. The number of rotatable bonds is 2. The Hall–Kier alpha value is -1.74. The molecule has 0 aliphatic rings. The Kier molecular flexibility index (Phi) is 4.25. The zero-order chi connectivity index (χ0) is 15.7. The molecule has 1 N–H and O–H groups in total. The Labute approximate surface area is 142 Å². The van der Waals surface area contributed by atoms with Crippen LogP contribution in [0.2, 0.25) is 15.1 Å². The summed E-state index contributed by atoms with van der Waals surface area (Å²) in [5, 5.41) is 5.50. The lowest BCUT2D eigenvalue weighted by Crippen LogP contribution is -2.13. The third-order valence-electron chi connectivity index (χ3n) is 3.31. The molecule has 0 atom stereocenters. The van der Waals surface area contributed by atoms with Crippen LogP contribution in [0, 0.1) is 0 Å². The molecule has 1 amide bonds. The van der Waals surface area contributed by atoms with Crippen molar-refractivity contribution in [2.45, 2.75) is 0 Å². The molecule has 0 aliphatic carbocycles. The molecule has 0 radical (unpaired) electrons. The maximum absolute atomic E-state index is 12.5. The molecule has 2 nitrogen and oxygen atoms in total. The van der Waals surface area contributed by atoms with Crippen molar-refractivity contribution >= 4 is 57.2 Å². The minimum Gasteiger partial charge on any atom is -0.321 e. The lowest BCUT2D eigenvalue weighted by Gasteiger charge is -2.11. The van der Waals surface area contributed by atoms with Gasteiger partial charge in [-0.3, -0.25) is 4.79 Å². The van der Waals surface area contributed by atoms with Crippen LogP contribution < -0.4 is 5.32 Å². The second-order valence-corrected chi connectivity index (χ2v) is 5.89. The van der Waals surface area contributed by atoms with E-state index in [0.29, 0.717) is 5.69 Å². The van der Waals surface area contributed by atoms with Crippen molar-refractivity contribution in [3.63, 3.8) is 0 Å². The van der Waals surface area contributed by atoms with Crippen LogP contribution in [0.1, 0.15) is 10.4 Å². The summed E-state index contributed by atoms with van der Waals surface area (Å²) >= 11 is 18.1. The Morgan fingerprint density at radius 3 is 2.32 bits per heavy atom. The van der Waals surface area contributed by atoms with Crippen molar-refractivity contribution in [3.8, 4) is 0 Å². The number of benzene rings is 3. The van der Waals surface area contributed by atoms with Crippen LogP contribution >= 0.6 is 34.8 Å². The summed E-state index contributed by atoms with van der Waals surface area (Å²) in [5.74, 6) is -0.395. The Balaban J connectivity index is 2.03. The van der Waals surface area contributed by atoms with Crippen molar-refractivity contribution in [1.82, 2.24) is 0 Å². The van der Waals surface area contributed by atoms with Gasteiger partial charge in [-0.15, -0.1) is 0 Å². The smallest absolute Gasteiger partial charge is 0.258 e. The molecule has 0 aliphatic heterocycles. The van der Waals surface area contributed by atoms with Crippen LogP contribution in [0.4, 0.5) is 5.69 Å². The molecular formula is C17H10Cl3NO. The van der Waals surface area contributed by atoms with E-state index < -0.39 is 5.91 Å². The van der Waals surface area contributed by atoms with Gasteiger partial charge in [0.15, 0.2) is 0 Å². The highest BCUT2D eigenvalue weighted by Gasteiger charge is 2.18. The highest BCUT2D eigenvalue weighted by Crippen LogP contribution is 2.32. The largest absolute Gasteiger partial charge is 0.321 e. The van der Waals surface area contributed by atoms with E-state index in [1.807, 2.05) is 42.5 Å². The van der Waals surface area contributed by atoms with Gasteiger partial charge in [0.1, 0.15) is 0 Å². The van der Waals surface area contributed by atoms with E-state index in [1.165, 1.54) is 0 Å². The molecule has 3 aromatic carbocycles. The van der Waals surface area contributed by atoms with Crippen molar-refractivity contribution < 1.29 is 4.79 Å². The average Bonchev–Trinajstić information content (AvgIpc) is 2.52. The van der Waals surface area contributed by atoms with E-state index in [-0.39, 0.29) is 20.6 Å². The minimum atomic E-state index is -0.395. The van der Waals surface area contributed by atoms with Gasteiger partial charge in [-0.25, -0.2) is 0 Å². The fourth-order valence-corrected chi connectivity index (χ4v) is 2.95. The van der Waals surface area contributed by atoms with Crippen molar-refractivity contribution in [2.75, 3.05) is 5.32 Å². The van der Waals surface area contributed by atoms with Gasteiger partial charge in [-0.05, 0) is 23.6 Å². The molecule has 22 heavy (non-hydrogen) atoms. The first-order chi connectivity index (χ1) is 10.6. The number of hydrogen-bond acceptors (Lipinski definition) is 1. The van der Waals surface area contributed by atoms with Crippen LogP contribution in [-0.2, 0) is 0 Å². The quantitative estimate of drug-likeness (QED) is 0.560. The van der Waals surface area contributed by atoms with E-state index in [2.05, 4.69) is 5.32 Å². The number of carbonyl (C=O) groups is 1. The van der Waals surface area contributed by atoms with Gasteiger partial charge in [0.25, 0.3) is 5.91 Å². The molecule has 3 aromatic rings. The number of amides is 1. The number of carbonyl (C=O) groups excluding carboxylic acids is 1. The van der Waals surface area contributed by atoms with Crippen LogP contribution in [0.3, 0.4) is 0 Å². The predicted octanol–water partition coefficient (Wildman–Crippen LogP) is 6.05. The number of hydrogen-bond donors (Lipinski definition) is 1. The normalized spacial score (nSPS) is 10.7. The number of fused-ring (bicyclic) bond motifs is 1. The molecule has 110 valence electrons. The molecule has 0 unspecified atom stereocenters. The first-order valence-corrected chi connectivity index (χ1v) is 7.64.